The quantitative estimate of drug-likeness (QED) is 0.367. The predicted octanol–water partition coefficient (Wildman–Crippen LogP) is 3.89. The van der Waals surface area contributed by atoms with E-state index in [4.69, 9.17) is 17.0 Å². The topological polar surface area (TPSA) is 92.7 Å². The first-order chi connectivity index (χ1) is 14.3. The van der Waals surface area contributed by atoms with E-state index in [2.05, 4.69) is 10.3 Å². The number of H-pyrrole nitrogens is 1. The summed E-state index contributed by atoms with van der Waals surface area (Å²) in [5.74, 6) is -3.07. The van der Waals surface area contributed by atoms with Crippen molar-refractivity contribution in [3.8, 4) is 0 Å². The third-order valence-corrected chi connectivity index (χ3v) is 5.71. The fourth-order valence-electron chi connectivity index (χ4n) is 2.96. The van der Waals surface area contributed by atoms with Crippen molar-refractivity contribution in [2.24, 2.45) is 0 Å². The lowest BCUT2D eigenvalue weighted by atomic mass is 10.1. The van der Waals surface area contributed by atoms with Gasteiger partial charge in [0.2, 0.25) is 0 Å². The number of amides is 1. The Kier molecular flexibility index (Phi) is 4.92. The summed E-state index contributed by atoms with van der Waals surface area (Å²) in [6.45, 7) is 0. The Morgan fingerprint density at radius 2 is 1.97 bits per heavy atom. The molecule has 2 aromatic heterocycles. The Bertz CT molecular complexity index is 1470. The number of aromatic nitrogens is 2. The van der Waals surface area contributed by atoms with Crippen LogP contribution in [0.15, 0.2) is 41.2 Å². The molecule has 1 amide bonds. The molecule has 0 unspecified atom stereocenters. The van der Waals surface area contributed by atoms with E-state index in [1.54, 1.807) is 0 Å². The number of halogens is 2. The summed E-state index contributed by atoms with van der Waals surface area (Å²) in [5, 5.41) is 2.59. The van der Waals surface area contributed by atoms with Crippen LogP contribution in [0.1, 0.15) is 20.0 Å². The van der Waals surface area contributed by atoms with Gasteiger partial charge in [-0.25, -0.2) is 13.6 Å². The molecule has 152 valence electrons. The number of nitrogens with zero attached hydrogens (tertiary/aromatic N) is 1. The van der Waals surface area contributed by atoms with Crippen LogP contribution in [0.25, 0.3) is 16.6 Å². The van der Waals surface area contributed by atoms with Crippen LogP contribution in [0.3, 0.4) is 0 Å². The van der Waals surface area contributed by atoms with E-state index in [1.807, 2.05) is 0 Å². The van der Waals surface area contributed by atoms with Gasteiger partial charge < -0.3 is 15.0 Å². The molecule has 7 nitrogen and oxygen atoms in total. The highest BCUT2D eigenvalue weighted by Crippen LogP contribution is 2.25. The maximum atomic E-state index is 13.9. The number of nitrogens with one attached hydrogen (secondary N) is 2. The number of hydrogen-bond donors (Lipinski definition) is 2. The number of benzene rings is 2. The molecule has 0 spiro atoms. The van der Waals surface area contributed by atoms with Gasteiger partial charge in [-0.3, -0.25) is 14.0 Å². The van der Waals surface area contributed by atoms with E-state index in [9.17, 15) is 23.2 Å². The number of thiazole rings is 1. The zero-order chi connectivity index (χ0) is 21.6. The van der Waals surface area contributed by atoms with Crippen LogP contribution < -0.4 is 10.9 Å². The van der Waals surface area contributed by atoms with Crippen LogP contribution >= 0.6 is 23.6 Å². The lowest BCUT2D eigenvalue weighted by Crippen LogP contribution is -2.16. The molecule has 0 radical (unpaired) electrons. The van der Waals surface area contributed by atoms with Gasteiger partial charge in [-0.05, 0) is 42.5 Å². The van der Waals surface area contributed by atoms with Crippen molar-refractivity contribution in [1.82, 2.24) is 9.38 Å². The van der Waals surface area contributed by atoms with E-state index in [0.29, 0.717) is 11.6 Å². The molecule has 4 aromatic rings. The maximum Gasteiger partial charge on any atom is 0.337 e. The van der Waals surface area contributed by atoms with Gasteiger partial charge in [-0.15, -0.1) is 0 Å². The Balaban J connectivity index is 1.90. The number of fused-ring (bicyclic) bond motifs is 3. The van der Waals surface area contributed by atoms with E-state index in [1.165, 1.54) is 29.7 Å². The number of rotatable bonds is 3. The van der Waals surface area contributed by atoms with Crippen LogP contribution in [0, 0.1) is 15.6 Å². The second-order valence-corrected chi connectivity index (χ2v) is 7.78. The number of carbonyl (C=O) groups is 2. The average molecular weight is 447 g/mol. The SMILES string of the molecule is COC(=O)c1ccc2c(=O)[nH]c3c(C(=O)Nc4ccc(F)cc4F)sc(=S)n3c2c1. The highest BCUT2D eigenvalue weighted by Gasteiger charge is 2.20. The minimum Gasteiger partial charge on any atom is -0.465 e. The summed E-state index contributed by atoms with van der Waals surface area (Å²) in [6, 6.07) is 7.05. The van der Waals surface area contributed by atoms with Gasteiger partial charge >= 0.3 is 5.97 Å². The van der Waals surface area contributed by atoms with Crippen molar-refractivity contribution in [2.75, 3.05) is 12.4 Å². The minimum absolute atomic E-state index is 0.0196. The molecule has 0 saturated heterocycles. The number of methoxy groups -OCH3 is 1. The van der Waals surface area contributed by atoms with Crippen molar-refractivity contribution in [3.05, 3.63) is 72.8 Å². The van der Waals surface area contributed by atoms with Gasteiger partial charge in [-0.2, -0.15) is 0 Å². The van der Waals surface area contributed by atoms with Crippen LogP contribution in [0.2, 0.25) is 0 Å². The molecule has 0 aliphatic carbocycles. The number of aromatic amines is 1. The fourth-order valence-corrected chi connectivity index (χ4v) is 4.24. The highest BCUT2D eigenvalue weighted by molar-refractivity contribution is 7.73. The van der Waals surface area contributed by atoms with E-state index in [-0.39, 0.29) is 31.1 Å². The van der Waals surface area contributed by atoms with Crippen molar-refractivity contribution >= 4 is 57.7 Å². The number of hydrogen-bond acceptors (Lipinski definition) is 6. The van der Waals surface area contributed by atoms with Crippen LogP contribution in [-0.4, -0.2) is 28.4 Å². The van der Waals surface area contributed by atoms with Crippen molar-refractivity contribution in [2.45, 2.75) is 0 Å². The largest absolute Gasteiger partial charge is 0.465 e. The van der Waals surface area contributed by atoms with Gasteiger partial charge in [0.15, 0.2) is 3.95 Å². The van der Waals surface area contributed by atoms with Crippen LogP contribution in [0.4, 0.5) is 14.5 Å². The van der Waals surface area contributed by atoms with Gasteiger partial charge in [0, 0.05) is 6.07 Å². The standard InChI is InChI=1S/C19H11F2N3O4S2/c1-28-18(27)8-2-4-10-13(6-8)24-15(23-16(10)25)14(30-19(24)29)17(26)22-12-5-3-9(20)7-11(12)21/h2-7H,1H3,(H,22,26)(H,23,25). The summed E-state index contributed by atoms with van der Waals surface area (Å²) in [4.78, 5) is 39.7. The van der Waals surface area contributed by atoms with Crippen LogP contribution in [0.5, 0.6) is 0 Å². The molecule has 0 bridgehead atoms. The number of anilines is 1. The van der Waals surface area contributed by atoms with Crippen LogP contribution in [-0.2, 0) is 4.74 Å². The molecule has 0 atom stereocenters. The molecule has 2 aromatic carbocycles. The van der Waals surface area contributed by atoms with Crippen molar-refractivity contribution in [3.63, 3.8) is 0 Å². The monoisotopic (exact) mass is 447 g/mol. The molecule has 4 rings (SSSR count). The smallest absolute Gasteiger partial charge is 0.337 e. The number of carbonyl (C=O) groups excluding carboxylic acids is 2. The third-order valence-electron chi connectivity index (χ3n) is 4.33. The molecule has 0 aliphatic heterocycles. The van der Waals surface area contributed by atoms with Crippen molar-refractivity contribution in [1.29, 1.82) is 0 Å². The Labute approximate surface area is 175 Å². The molecular formula is C19H11F2N3O4S2. The molecule has 0 aliphatic rings. The number of esters is 1. The van der Waals surface area contributed by atoms with Gasteiger partial charge in [0.25, 0.3) is 11.5 Å². The first-order valence-electron chi connectivity index (χ1n) is 8.36. The zero-order valence-corrected chi connectivity index (χ0v) is 16.7. The summed E-state index contributed by atoms with van der Waals surface area (Å²) < 4.78 is 33.3. The summed E-state index contributed by atoms with van der Waals surface area (Å²) in [7, 11) is 1.23. The van der Waals surface area contributed by atoms with Crippen molar-refractivity contribution < 1.29 is 23.1 Å². The molecule has 2 N–H and O–H groups in total. The zero-order valence-electron chi connectivity index (χ0n) is 15.1. The molecule has 0 fully saturated rings. The third kappa shape index (κ3) is 3.27. The maximum absolute atomic E-state index is 13.9. The molecule has 2 heterocycles. The normalized spacial score (nSPS) is 11.0. The first kappa shape index (κ1) is 19.9. The van der Waals surface area contributed by atoms with E-state index >= 15 is 0 Å². The minimum atomic E-state index is -0.947. The Morgan fingerprint density at radius 3 is 2.67 bits per heavy atom. The van der Waals surface area contributed by atoms with Gasteiger partial charge in [0.1, 0.15) is 22.2 Å². The second-order valence-electron chi connectivity index (χ2n) is 6.14. The summed E-state index contributed by atoms with van der Waals surface area (Å²) >= 11 is 6.24. The fraction of sp³-hybridized carbons (Fsp3) is 0.0526. The van der Waals surface area contributed by atoms with Gasteiger partial charge in [0.05, 0.1) is 29.3 Å². The Morgan fingerprint density at radius 1 is 1.20 bits per heavy atom. The lowest BCUT2D eigenvalue weighted by molar-refractivity contribution is 0.0600. The molecule has 0 saturated carbocycles. The Hall–Kier alpha value is -3.44. The first-order valence-corrected chi connectivity index (χ1v) is 9.59. The lowest BCUT2D eigenvalue weighted by Gasteiger charge is -2.07. The molecule has 11 heteroatoms. The predicted molar refractivity (Wildman–Crippen MR) is 110 cm³/mol. The number of ether oxygens (including phenoxy) is 1. The average Bonchev–Trinajstić information content (AvgIpc) is 3.05. The summed E-state index contributed by atoms with van der Waals surface area (Å²) in [5.41, 5.74) is -0.134. The highest BCUT2D eigenvalue weighted by atomic mass is 32.1. The molecule has 30 heavy (non-hydrogen) atoms. The van der Waals surface area contributed by atoms with E-state index < -0.39 is 29.1 Å². The second kappa shape index (κ2) is 7.43. The van der Waals surface area contributed by atoms with E-state index in [0.717, 1.165) is 23.5 Å². The summed E-state index contributed by atoms with van der Waals surface area (Å²) in [6.07, 6.45) is 0. The van der Waals surface area contributed by atoms with Gasteiger partial charge in [-0.1, -0.05) is 11.3 Å². The molecular weight excluding hydrogens is 436 g/mol.